The number of aromatic carboxylic acids is 1. The van der Waals surface area contributed by atoms with Crippen molar-refractivity contribution in [3.63, 3.8) is 0 Å². The lowest BCUT2D eigenvalue weighted by molar-refractivity contribution is -0.135. The van der Waals surface area contributed by atoms with Gasteiger partial charge in [-0.2, -0.15) is 13.2 Å². The van der Waals surface area contributed by atoms with Crippen LogP contribution in [0.25, 0.3) is 0 Å². The molecule has 1 aromatic carbocycles. The van der Waals surface area contributed by atoms with Crippen LogP contribution in [0.3, 0.4) is 0 Å². The van der Waals surface area contributed by atoms with Gasteiger partial charge in [0.15, 0.2) is 0 Å². The Hall–Kier alpha value is -1.13. The summed E-state index contributed by atoms with van der Waals surface area (Å²) in [6.45, 7) is -0.389. The Morgan fingerprint density at radius 1 is 1.33 bits per heavy atom. The second kappa shape index (κ2) is 6.75. The number of benzene rings is 1. The highest BCUT2D eigenvalue weighted by Gasteiger charge is 2.26. The summed E-state index contributed by atoms with van der Waals surface area (Å²) in [5.41, 5.74) is -0.256. The molecule has 0 aromatic heterocycles. The minimum Gasteiger partial charge on any atom is -0.478 e. The number of halogens is 4. The fourth-order valence-corrected chi connectivity index (χ4v) is 2.93. The van der Waals surface area contributed by atoms with E-state index in [9.17, 15) is 26.4 Å². The molecule has 0 saturated heterocycles. The predicted octanol–water partition coefficient (Wildman–Crippen LogP) is 2.77. The molecular formula is C11H11BrF3NO4S. The molecule has 0 bridgehead atoms. The van der Waals surface area contributed by atoms with E-state index in [-0.39, 0.29) is 21.5 Å². The van der Waals surface area contributed by atoms with Crippen molar-refractivity contribution in [3.8, 4) is 0 Å². The van der Waals surface area contributed by atoms with Gasteiger partial charge in [-0.1, -0.05) is 0 Å². The van der Waals surface area contributed by atoms with Crippen molar-refractivity contribution < 1.29 is 31.5 Å². The van der Waals surface area contributed by atoms with Crippen LogP contribution < -0.4 is 4.72 Å². The lowest BCUT2D eigenvalue weighted by Gasteiger charge is -2.09. The number of hydrogen-bond acceptors (Lipinski definition) is 3. The highest BCUT2D eigenvalue weighted by atomic mass is 79.9. The standard InChI is InChI=1S/C11H11BrF3NO4S/c12-9-3-2-7(6-8(9)10(17)18)21(19,20)16-5-1-4-11(13,14)15/h2-3,6,16H,1,4-5H2,(H,17,18). The topological polar surface area (TPSA) is 83.5 Å². The molecule has 0 saturated carbocycles. The van der Waals surface area contributed by atoms with Gasteiger partial charge in [0, 0.05) is 17.4 Å². The zero-order chi connectivity index (χ0) is 16.3. The fraction of sp³-hybridized carbons (Fsp3) is 0.364. The summed E-state index contributed by atoms with van der Waals surface area (Å²) in [5.74, 6) is -1.32. The van der Waals surface area contributed by atoms with E-state index in [1.807, 2.05) is 4.72 Å². The number of rotatable bonds is 6. The van der Waals surface area contributed by atoms with Crippen LogP contribution in [0.1, 0.15) is 23.2 Å². The van der Waals surface area contributed by atoms with Gasteiger partial charge in [-0.3, -0.25) is 0 Å². The van der Waals surface area contributed by atoms with Crippen LogP contribution in [0.5, 0.6) is 0 Å². The van der Waals surface area contributed by atoms with E-state index in [2.05, 4.69) is 15.9 Å². The summed E-state index contributed by atoms with van der Waals surface area (Å²) in [5, 5.41) is 8.89. The summed E-state index contributed by atoms with van der Waals surface area (Å²) in [6, 6.07) is 3.33. The van der Waals surface area contributed by atoms with Crippen LogP contribution in [-0.2, 0) is 10.0 Å². The van der Waals surface area contributed by atoms with Gasteiger partial charge in [-0.05, 0) is 40.5 Å². The van der Waals surface area contributed by atoms with Gasteiger partial charge in [-0.15, -0.1) is 0 Å². The second-order valence-electron chi connectivity index (χ2n) is 4.06. The first-order chi connectivity index (χ1) is 9.53. The van der Waals surface area contributed by atoms with Crippen LogP contribution in [-0.4, -0.2) is 32.2 Å². The fourth-order valence-electron chi connectivity index (χ4n) is 1.41. The van der Waals surface area contributed by atoms with E-state index in [1.54, 1.807) is 0 Å². The van der Waals surface area contributed by atoms with E-state index in [4.69, 9.17) is 5.11 Å². The molecule has 1 aromatic rings. The van der Waals surface area contributed by atoms with Crippen LogP contribution in [0.2, 0.25) is 0 Å². The number of carboxylic acids is 1. The summed E-state index contributed by atoms with van der Waals surface area (Å²) in [4.78, 5) is 10.6. The molecule has 0 aliphatic carbocycles. The van der Waals surface area contributed by atoms with Gasteiger partial charge >= 0.3 is 12.1 Å². The molecule has 0 aliphatic rings. The van der Waals surface area contributed by atoms with Crippen molar-refractivity contribution in [2.45, 2.75) is 23.9 Å². The van der Waals surface area contributed by atoms with Gasteiger partial charge in [0.2, 0.25) is 10.0 Å². The number of carbonyl (C=O) groups is 1. The van der Waals surface area contributed by atoms with E-state index in [0.717, 1.165) is 12.1 Å². The van der Waals surface area contributed by atoms with Crippen molar-refractivity contribution in [1.29, 1.82) is 0 Å². The molecule has 2 N–H and O–H groups in total. The largest absolute Gasteiger partial charge is 0.478 e. The normalized spacial score (nSPS) is 12.4. The van der Waals surface area contributed by atoms with Crippen molar-refractivity contribution in [2.24, 2.45) is 0 Å². The lowest BCUT2D eigenvalue weighted by Crippen LogP contribution is -2.26. The Bertz CT molecular complexity index is 631. The third kappa shape index (κ3) is 5.64. The Balaban J connectivity index is 2.79. The number of alkyl halides is 3. The van der Waals surface area contributed by atoms with Crippen LogP contribution in [0, 0.1) is 0 Å². The molecule has 0 fully saturated rings. The van der Waals surface area contributed by atoms with E-state index < -0.39 is 35.0 Å². The maximum atomic E-state index is 11.9. The number of hydrogen-bond donors (Lipinski definition) is 2. The molecule has 10 heteroatoms. The van der Waals surface area contributed by atoms with Crippen LogP contribution in [0.4, 0.5) is 13.2 Å². The second-order valence-corrected chi connectivity index (χ2v) is 6.68. The third-order valence-corrected chi connectivity index (χ3v) is 4.56. The Morgan fingerprint density at radius 3 is 2.48 bits per heavy atom. The van der Waals surface area contributed by atoms with Gasteiger partial charge in [0.05, 0.1) is 10.5 Å². The average Bonchev–Trinajstić information content (AvgIpc) is 2.33. The third-order valence-electron chi connectivity index (χ3n) is 2.41. The summed E-state index contributed by atoms with van der Waals surface area (Å²) in [7, 11) is -4.05. The SMILES string of the molecule is O=C(O)c1cc(S(=O)(=O)NCCCC(F)(F)F)ccc1Br. The number of sulfonamides is 1. The zero-order valence-corrected chi connectivity index (χ0v) is 12.8. The van der Waals surface area contributed by atoms with Gasteiger partial charge in [0.25, 0.3) is 0 Å². The predicted molar refractivity (Wildman–Crippen MR) is 71.6 cm³/mol. The first kappa shape index (κ1) is 17.9. The molecule has 0 unspecified atom stereocenters. The maximum absolute atomic E-state index is 11.9. The highest BCUT2D eigenvalue weighted by Crippen LogP contribution is 2.22. The monoisotopic (exact) mass is 389 g/mol. The molecule has 0 amide bonds. The Kier molecular flexibility index (Phi) is 5.76. The molecule has 0 aliphatic heterocycles. The molecule has 0 radical (unpaired) electrons. The summed E-state index contributed by atoms with van der Waals surface area (Å²) >= 11 is 2.96. The molecule has 0 spiro atoms. The van der Waals surface area contributed by atoms with E-state index >= 15 is 0 Å². The molecule has 1 rings (SSSR count). The minimum absolute atomic E-state index is 0.200. The maximum Gasteiger partial charge on any atom is 0.389 e. The quantitative estimate of drug-likeness (QED) is 0.732. The summed E-state index contributed by atoms with van der Waals surface area (Å²) in [6.07, 6.45) is -5.85. The van der Waals surface area contributed by atoms with Crippen molar-refractivity contribution in [1.82, 2.24) is 4.72 Å². The molecule has 118 valence electrons. The molecule has 5 nitrogen and oxygen atoms in total. The lowest BCUT2D eigenvalue weighted by atomic mass is 10.2. The first-order valence-electron chi connectivity index (χ1n) is 5.62. The molecule has 21 heavy (non-hydrogen) atoms. The van der Waals surface area contributed by atoms with Gasteiger partial charge in [-0.25, -0.2) is 17.9 Å². The first-order valence-corrected chi connectivity index (χ1v) is 7.90. The number of carboxylic acid groups (broad SMARTS) is 1. The Labute approximate surface area is 127 Å². The molecule has 0 atom stereocenters. The van der Waals surface area contributed by atoms with Crippen LogP contribution in [0.15, 0.2) is 27.6 Å². The molecule has 0 heterocycles. The van der Waals surface area contributed by atoms with Crippen molar-refractivity contribution in [3.05, 3.63) is 28.2 Å². The van der Waals surface area contributed by atoms with E-state index in [0.29, 0.717) is 0 Å². The smallest absolute Gasteiger partial charge is 0.389 e. The average molecular weight is 390 g/mol. The van der Waals surface area contributed by atoms with E-state index in [1.165, 1.54) is 6.07 Å². The van der Waals surface area contributed by atoms with Crippen molar-refractivity contribution >= 4 is 31.9 Å². The summed E-state index contributed by atoms with van der Waals surface area (Å²) < 4.78 is 61.7. The molecular weight excluding hydrogens is 379 g/mol. The van der Waals surface area contributed by atoms with Gasteiger partial charge < -0.3 is 5.11 Å². The zero-order valence-electron chi connectivity index (χ0n) is 10.4. The number of nitrogens with one attached hydrogen (secondary N) is 1. The van der Waals surface area contributed by atoms with Crippen LogP contribution >= 0.6 is 15.9 Å². The Morgan fingerprint density at radius 2 is 1.95 bits per heavy atom. The van der Waals surface area contributed by atoms with Gasteiger partial charge in [0.1, 0.15) is 0 Å². The highest BCUT2D eigenvalue weighted by molar-refractivity contribution is 9.10. The minimum atomic E-state index is -4.35. The van der Waals surface area contributed by atoms with Crippen molar-refractivity contribution in [2.75, 3.05) is 6.54 Å².